The fraction of sp³-hybridized carbons (Fsp3) is 0.263. The van der Waals surface area contributed by atoms with E-state index in [9.17, 15) is 4.79 Å². The Bertz CT molecular complexity index is 803. The van der Waals surface area contributed by atoms with Gasteiger partial charge < -0.3 is 9.47 Å². The number of carbonyl (C=O) groups is 1. The molecule has 0 unspecified atom stereocenters. The lowest BCUT2D eigenvalue weighted by Gasteiger charge is -2.14. The topological polar surface area (TPSA) is 59.3 Å². The van der Waals surface area contributed by atoms with Crippen molar-refractivity contribution in [3.05, 3.63) is 56.6 Å². The number of carbonyl (C=O) groups excluding carboxylic acids is 1. The first-order valence-electron chi connectivity index (χ1n) is 7.64. The van der Waals surface area contributed by atoms with Crippen LogP contribution in [0.2, 0.25) is 10.0 Å². The summed E-state index contributed by atoms with van der Waals surface area (Å²) >= 11 is 12.1. The van der Waals surface area contributed by atoms with Crippen molar-refractivity contribution in [2.24, 2.45) is 0 Å². The molecule has 2 rings (SSSR count). The van der Waals surface area contributed by atoms with Gasteiger partial charge in [-0.05, 0) is 49.2 Å². The SMILES string of the molecule is CC.COc1c(Cl)ccc(Cl)c1C(=O)Oc1c(C)cc(C#N)cc1C. The average Bonchev–Trinajstić information content (AvgIpc) is 2.61. The number of hydrogen-bond acceptors (Lipinski definition) is 4. The first-order chi connectivity index (χ1) is 11.9. The zero-order valence-corrected chi connectivity index (χ0v) is 16.2. The van der Waals surface area contributed by atoms with E-state index in [0.717, 1.165) is 0 Å². The molecule has 0 heterocycles. The van der Waals surface area contributed by atoms with Crippen LogP contribution in [-0.2, 0) is 0 Å². The van der Waals surface area contributed by atoms with Gasteiger partial charge in [-0.1, -0.05) is 37.0 Å². The molecule has 0 fully saturated rings. The lowest BCUT2D eigenvalue weighted by atomic mass is 10.1. The molecule has 0 radical (unpaired) electrons. The van der Waals surface area contributed by atoms with Crippen molar-refractivity contribution in [2.75, 3.05) is 7.11 Å². The Balaban J connectivity index is 0.00000151. The number of halogens is 2. The van der Waals surface area contributed by atoms with Crippen molar-refractivity contribution >= 4 is 29.2 Å². The zero-order chi connectivity index (χ0) is 19.1. The molecule has 0 atom stereocenters. The lowest BCUT2D eigenvalue weighted by Crippen LogP contribution is -2.13. The average molecular weight is 380 g/mol. The minimum Gasteiger partial charge on any atom is -0.494 e. The maximum absolute atomic E-state index is 12.5. The van der Waals surface area contributed by atoms with Gasteiger partial charge in [0.25, 0.3) is 0 Å². The fourth-order valence-electron chi connectivity index (χ4n) is 2.24. The van der Waals surface area contributed by atoms with Crippen LogP contribution in [0.1, 0.15) is 40.9 Å². The summed E-state index contributed by atoms with van der Waals surface area (Å²) in [5.74, 6) is -0.134. The molecule has 0 aliphatic rings. The second kappa shape index (κ2) is 9.31. The molecule has 25 heavy (non-hydrogen) atoms. The van der Waals surface area contributed by atoms with Gasteiger partial charge in [-0.25, -0.2) is 4.79 Å². The van der Waals surface area contributed by atoms with Crippen LogP contribution in [0, 0.1) is 25.2 Å². The molecule has 4 nitrogen and oxygen atoms in total. The van der Waals surface area contributed by atoms with Crippen LogP contribution in [0.4, 0.5) is 0 Å². The third-order valence-electron chi connectivity index (χ3n) is 3.25. The summed E-state index contributed by atoms with van der Waals surface area (Å²) in [6.07, 6.45) is 0. The van der Waals surface area contributed by atoms with Crippen LogP contribution in [0.3, 0.4) is 0 Å². The number of nitriles is 1. The van der Waals surface area contributed by atoms with Crippen LogP contribution in [0.5, 0.6) is 11.5 Å². The van der Waals surface area contributed by atoms with Gasteiger partial charge in [0.15, 0.2) is 5.75 Å². The molecule has 0 saturated carbocycles. The summed E-state index contributed by atoms with van der Waals surface area (Å²) in [6, 6.07) is 8.39. The van der Waals surface area contributed by atoms with Crippen molar-refractivity contribution in [1.29, 1.82) is 5.26 Å². The maximum atomic E-state index is 12.5. The summed E-state index contributed by atoms with van der Waals surface area (Å²) in [7, 11) is 1.40. The van der Waals surface area contributed by atoms with Gasteiger partial charge in [0.1, 0.15) is 11.3 Å². The Morgan fingerprint density at radius 3 is 2.04 bits per heavy atom. The predicted molar refractivity (Wildman–Crippen MR) is 100.0 cm³/mol. The molecule has 0 saturated heterocycles. The highest BCUT2D eigenvalue weighted by molar-refractivity contribution is 6.37. The fourth-order valence-corrected chi connectivity index (χ4v) is 2.70. The van der Waals surface area contributed by atoms with Crippen molar-refractivity contribution in [3.8, 4) is 17.6 Å². The van der Waals surface area contributed by atoms with E-state index >= 15 is 0 Å². The number of nitrogens with zero attached hydrogens (tertiary/aromatic N) is 1. The normalized spacial score (nSPS) is 9.52. The van der Waals surface area contributed by atoms with Crippen molar-refractivity contribution in [1.82, 2.24) is 0 Å². The van der Waals surface area contributed by atoms with E-state index in [2.05, 4.69) is 6.07 Å². The summed E-state index contributed by atoms with van der Waals surface area (Å²) in [4.78, 5) is 12.5. The highest BCUT2D eigenvalue weighted by Crippen LogP contribution is 2.35. The number of rotatable bonds is 3. The number of methoxy groups -OCH3 is 1. The smallest absolute Gasteiger partial charge is 0.348 e. The second-order valence-electron chi connectivity index (χ2n) is 4.88. The zero-order valence-electron chi connectivity index (χ0n) is 14.7. The van der Waals surface area contributed by atoms with E-state index in [-0.39, 0.29) is 21.4 Å². The second-order valence-corrected chi connectivity index (χ2v) is 5.69. The molecule has 6 heteroatoms. The molecule has 0 amide bonds. The number of ether oxygens (including phenoxy) is 2. The predicted octanol–water partition coefficient (Wildman–Crippen LogP) is 5.74. The van der Waals surface area contributed by atoms with Crippen LogP contribution in [0.15, 0.2) is 24.3 Å². The number of aryl methyl sites for hydroxylation is 2. The van der Waals surface area contributed by atoms with Crippen LogP contribution < -0.4 is 9.47 Å². The van der Waals surface area contributed by atoms with E-state index in [1.165, 1.54) is 19.2 Å². The van der Waals surface area contributed by atoms with E-state index < -0.39 is 5.97 Å². The first-order valence-corrected chi connectivity index (χ1v) is 8.40. The van der Waals surface area contributed by atoms with Gasteiger partial charge in [0.05, 0.1) is 28.8 Å². The quantitative estimate of drug-likeness (QED) is 0.504. The Morgan fingerprint density at radius 2 is 1.56 bits per heavy atom. The summed E-state index contributed by atoms with van der Waals surface area (Å²) < 4.78 is 10.6. The number of hydrogen-bond donors (Lipinski definition) is 0. The van der Waals surface area contributed by atoms with Crippen molar-refractivity contribution in [3.63, 3.8) is 0 Å². The van der Waals surface area contributed by atoms with Crippen LogP contribution in [-0.4, -0.2) is 13.1 Å². The molecule has 0 N–H and O–H groups in total. The molecular formula is C19H19Cl2NO3. The number of esters is 1. The third kappa shape index (κ3) is 4.66. The Hall–Kier alpha value is -2.22. The van der Waals surface area contributed by atoms with Crippen molar-refractivity contribution < 1.29 is 14.3 Å². The van der Waals surface area contributed by atoms with Crippen LogP contribution >= 0.6 is 23.2 Å². The lowest BCUT2D eigenvalue weighted by molar-refractivity contribution is 0.0729. The Kier molecular flexibility index (Phi) is 7.76. The summed E-state index contributed by atoms with van der Waals surface area (Å²) in [5, 5.41) is 9.41. The van der Waals surface area contributed by atoms with E-state index in [1.54, 1.807) is 26.0 Å². The molecule has 0 aliphatic carbocycles. The van der Waals surface area contributed by atoms with Gasteiger partial charge in [-0.15, -0.1) is 0 Å². The molecule has 0 aromatic heterocycles. The van der Waals surface area contributed by atoms with Gasteiger partial charge in [-0.3, -0.25) is 0 Å². The third-order valence-corrected chi connectivity index (χ3v) is 3.86. The van der Waals surface area contributed by atoms with Gasteiger partial charge in [-0.2, -0.15) is 5.26 Å². The standard InChI is InChI=1S/C17H13Cl2NO3.C2H6/c1-9-6-11(8-20)7-10(2)15(9)23-17(21)14-12(18)4-5-13(19)16(14)22-3;1-2/h4-7H,1-3H3;1-2H3. The van der Waals surface area contributed by atoms with E-state index in [0.29, 0.717) is 22.4 Å². The molecular weight excluding hydrogens is 361 g/mol. The Morgan fingerprint density at radius 1 is 1.04 bits per heavy atom. The van der Waals surface area contributed by atoms with Gasteiger partial charge >= 0.3 is 5.97 Å². The largest absolute Gasteiger partial charge is 0.494 e. The minimum atomic E-state index is -0.676. The first kappa shape index (κ1) is 20.8. The van der Waals surface area contributed by atoms with E-state index in [1.807, 2.05) is 13.8 Å². The number of benzene rings is 2. The molecule has 2 aromatic rings. The van der Waals surface area contributed by atoms with Gasteiger partial charge in [0, 0.05) is 0 Å². The highest BCUT2D eigenvalue weighted by Gasteiger charge is 2.22. The molecule has 0 aliphatic heterocycles. The van der Waals surface area contributed by atoms with Crippen LogP contribution in [0.25, 0.3) is 0 Å². The van der Waals surface area contributed by atoms with E-state index in [4.69, 9.17) is 37.9 Å². The highest BCUT2D eigenvalue weighted by atomic mass is 35.5. The van der Waals surface area contributed by atoms with Crippen molar-refractivity contribution in [2.45, 2.75) is 27.7 Å². The maximum Gasteiger partial charge on any atom is 0.348 e. The molecule has 132 valence electrons. The molecule has 0 spiro atoms. The summed E-state index contributed by atoms with van der Waals surface area (Å²) in [6.45, 7) is 7.51. The Labute approximate surface area is 157 Å². The molecule has 0 bridgehead atoms. The van der Waals surface area contributed by atoms with Gasteiger partial charge in [0.2, 0.25) is 0 Å². The monoisotopic (exact) mass is 379 g/mol. The summed E-state index contributed by atoms with van der Waals surface area (Å²) in [5.41, 5.74) is 1.90. The molecule has 2 aromatic carbocycles. The minimum absolute atomic E-state index is 0.0600.